The third kappa shape index (κ3) is 5.80. The van der Waals surface area contributed by atoms with Crippen LogP contribution in [0.1, 0.15) is 11.1 Å². The second-order valence-electron chi connectivity index (χ2n) is 4.65. The number of hydrogen-bond acceptors (Lipinski definition) is 3. The van der Waals surface area contributed by atoms with Crippen molar-refractivity contribution in [3.63, 3.8) is 0 Å². The summed E-state index contributed by atoms with van der Waals surface area (Å²) in [5.74, 6) is 0. The highest BCUT2D eigenvalue weighted by molar-refractivity contribution is 6.30. The zero-order valence-corrected chi connectivity index (χ0v) is 13.3. The largest absolute Gasteiger partial charge is 0.306 e. The van der Waals surface area contributed by atoms with Crippen molar-refractivity contribution in [3.8, 4) is 0 Å². The Labute approximate surface area is 139 Å². The molecule has 0 heterocycles. The van der Waals surface area contributed by atoms with Crippen molar-refractivity contribution in [1.29, 1.82) is 5.41 Å². The molecule has 2 aromatic rings. The summed E-state index contributed by atoms with van der Waals surface area (Å²) in [6.45, 7) is 0.668. The Morgan fingerprint density at radius 1 is 0.773 bits per heavy atom. The van der Waals surface area contributed by atoms with Crippen LogP contribution in [-0.2, 0) is 0 Å². The maximum atomic E-state index is 7.82. The first-order chi connectivity index (χ1) is 10.6. The Bertz CT molecular complexity index is 615. The molecule has 0 aliphatic rings. The Hall–Kier alpha value is -1.97. The van der Waals surface area contributed by atoms with Gasteiger partial charge in [-0.1, -0.05) is 47.5 Å². The molecule has 0 saturated heterocycles. The number of aliphatic imine (C=N–C) groups is 2. The van der Waals surface area contributed by atoms with E-state index in [0.29, 0.717) is 28.8 Å². The van der Waals surface area contributed by atoms with Gasteiger partial charge in [-0.15, -0.1) is 0 Å². The summed E-state index contributed by atoms with van der Waals surface area (Å²) < 4.78 is 0. The van der Waals surface area contributed by atoms with Gasteiger partial charge >= 0.3 is 0 Å². The van der Waals surface area contributed by atoms with Gasteiger partial charge in [0.15, 0.2) is 0 Å². The number of rotatable bonds is 6. The molecule has 2 aromatic carbocycles. The van der Waals surface area contributed by atoms with E-state index in [1.54, 1.807) is 12.4 Å². The molecule has 0 aromatic heterocycles. The lowest BCUT2D eigenvalue weighted by Gasteiger charge is -1.97. The summed E-state index contributed by atoms with van der Waals surface area (Å²) in [6, 6.07) is 14.8. The fourth-order valence-corrected chi connectivity index (χ4v) is 1.92. The van der Waals surface area contributed by atoms with E-state index < -0.39 is 0 Å². The molecule has 1 N–H and O–H groups in total. The smallest absolute Gasteiger partial charge is 0.0784 e. The Morgan fingerprint density at radius 3 is 1.50 bits per heavy atom. The van der Waals surface area contributed by atoms with Crippen LogP contribution in [-0.4, -0.2) is 31.2 Å². The molecule has 0 spiro atoms. The zero-order chi connectivity index (χ0) is 15.8. The van der Waals surface area contributed by atoms with Gasteiger partial charge < -0.3 is 5.41 Å². The van der Waals surface area contributed by atoms with E-state index in [4.69, 9.17) is 28.6 Å². The Balaban J connectivity index is 1.78. The normalized spacial score (nSPS) is 11.4. The predicted octanol–water partition coefficient (Wildman–Crippen LogP) is 4.55. The average molecular weight is 332 g/mol. The molecule has 0 amide bonds. The van der Waals surface area contributed by atoms with Crippen molar-refractivity contribution in [1.82, 2.24) is 0 Å². The number of hydrogen-bond donors (Lipinski definition) is 1. The van der Waals surface area contributed by atoms with Gasteiger partial charge in [0.2, 0.25) is 0 Å². The second-order valence-corrected chi connectivity index (χ2v) is 5.52. The summed E-state index contributed by atoms with van der Waals surface area (Å²) in [5, 5.41) is 9.21. The molecule has 2 rings (SSSR count). The van der Waals surface area contributed by atoms with Gasteiger partial charge in [0.25, 0.3) is 0 Å². The summed E-state index contributed by atoms with van der Waals surface area (Å²) >= 11 is 11.6. The van der Waals surface area contributed by atoms with Crippen LogP contribution in [0, 0.1) is 5.41 Å². The van der Waals surface area contributed by atoms with Crippen LogP contribution in [0.4, 0.5) is 0 Å². The fraction of sp³-hybridized carbons (Fsp3) is 0.118. The summed E-state index contributed by atoms with van der Waals surface area (Å²) in [7, 11) is 0. The van der Waals surface area contributed by atoms with Gasteiger partial charge in [0.1, 0.15) is 0 Å². The van der Waals surface area contributed by atoms with Crippen molar-refractivity contribution >= 4 is 41.3 Å². The standard InChI is InChI=1S/C17H15Cl2N3/c18-15-5-1-13(2-6-15)9-21-11-17(20)12-22-10-14-3-7-16(19)8-4-14/h1-10,20H,11-12H2. The van der Waals surface area contributed by atoms with Gasteiger partial charge in [-0.05, 0) is 35.4 Å². The lowest BCUT2D eigenvalue weighted by Crippen LogP contribution is -2.06. The number of nitrogens with one attached hydrogen (secondary N) is 1. The van der Waals surface area contributed by atoms with Gasteiger partial charge in [-0.3, -0.25) is 9.98 Å². The fourth-order valence-electron chi connectivity index (χ4n) is 1.67. The quantitative estimate of drug-likeness (QED) is 0.755. The van der Waals surface area contributed by atoms with Crippen LogP contribution >= 0.6 is 23.2 Å². The monoisotopic (exact) mass is 331 g/mol. The van der Waals surface area contributed by atoms with Crippen molar-refractivity contribution in [3.05, 3.63) is 69.7 Å². The molecule has 0 aliphatic carbocycles. The van der Waals surface area contributed by atoms with Gasteiger partial charge in [0.05, 0.1) is 18.8 Å². The lowest BCUT2D eigenvalue weighted by molar-refractivity contribution is 1.17. The molecule has 0 unspecified atom stereocenters. The molecule has 0 radical (unpaired) electrons. The highest BCUT2D eigenvalue weighted by Crippen LogP contribution is 2.08. The van der Waals surface area contributed by atoms with E-state index in [1.807, 2.05) is 48.5 Å². The van der Waals surface area contributed by atoms with Crippen LogP contribution < -0.4 is 0 Å². The molecule has 0 aliphatic heterocycles. The van der Waals surface area contributed by atoms with E-state index in [0.717, 1.165) is 11.1 Å². The first kappa shape index (κ1) is 16.4. The van der Waals surface area contributed by atoms with Crippen LogP contribution in [0.15, 0.2) is 58.5 Å². The minimum Gasteiger partial charge on any atom is -0.306 e. The zero-order valence-electron chi connectivity index (χ0n) is 11.8. The first-order valence-corrected chi connectivity index (χ1v) is 7.46. The average Bonchev–Trinajstić information content (AvgIpc) is 2.51. The molecule has 0 bridgehead atoms. The summed E-state index contributed by atoms with van der Waals surface area (Å²) in [4.78, 5) is 8.45. The van der Waals surface area contributed by atoms with Crippen molar-refractivity contribution < 1.29 is 0 Å². The van der Waals surface area contributed by atoms with E-state index in [-0.39, 0.29) is 0 Å². The number of halogens is 2. The van der Waals surface area contributed by atoms with E-state index >= 15 is 0 Å². The molecule has 5 heteroatoms. The molecule has 0 atom stereocenters. The second kappa shape index (κ2) is 8.47. The van der Waals surface area contributed by atoms with Crippen molar-refractivity contribution in [2.24, 2.45) is 9.98 Å². The highest BCUT2D eigenvalue weighted by Gasteiger charge is 1.94. The molecule has 0 saturated carbocycles. The van der Waals surface area contributed by atoms with Crippen LogP contribution in [0.2, 0.25) is 10.0 Å². The topological polar surface area (TPSA) is 48.6 Å². The molecule has 22 heavy (non-hydrogen) atoms. The molecule has 112 valence electrons. The third-order valence-corrected chi connectivity index (χ3v) is 3.29. The molecule has 0 fully saturated rings. The van der Waals surface area contributed by atoms with E-state index in [1.165, 1.54) is 0 Å². The number of benzene rings is 2. The van der Waals surface area contributed by atoms with Crippen LogP contribution in [0.3, 0.4) is 0 Å². The van der Waals surface area contributed by atoms with E-state index in [2.05, 4.69) is 9.98 Å². The summed E-state index contributed by atoms with van der Waals surface area (Å²) in [5.41, 5.74) is 2.37. The lowest BCUT2D eigenvalue weighted by atomic mass is 10.2. The predicted molar refractivity (Wildman–Crippen MR) is 95.6 cm³/mol. The first-order valence-electron chi connectivity index (χ1n) is 6.70. The Kier molecular flexibility index (Phi) is 6.31. The maximum Gasteiger partial charge on any atom is 0.0784 e. The van der Waals surface area contributed by atoms with Crippen molar-refractivity contribution in [2.75, 3.05) is 13.1 Å². The van der Waals surface area contributed by atoms with Gasteiger partial charge in [0, 0.05) is 22.5 Å². The Morgan fingerprint density at radius 2 is 1.14 bits per heavy atom. The van der Waals surface area contributed by atoms with Gasteiger partial charge in [-0.25, -0.2) is 0 Å². The SMILES string of the molecule is N=C(CN=Cc1ccc(Cl)cc1)CN=Cc1ccc(Cl)cc1. The minimum atomic E-state index is 0.334. The van der Waals surface area contributed by atoms with Gasteiger partial charge in [-0.2, -0.15) is 0 Å². The maximum absolute atomic E-state index is 7.82. The molecular weight excluding hydrogens is 317 g/mol. The van der Waals surface area contributed by atoms with Crippen LogP contribution in [0.5, 0.6) is 0 Å². The van der Waals surface area contributed by atoms with Crippen LogP contribution in [0.25, 0.3) is 0 Å². The van der Waals surface area contributed by atoms with Crippen molar-refractivity contribution in [2.45, 2.75) is 0 Å². The molecular formula is C17H15Cl2N3. The minimum absolute atomic E-state index is 0.334. The summed E-state index contributed by atoms with van der Waals surface area (Å²) in [6.07, 6.45) is 3.46. The molecule has 3 nitrogen and oxygen atoms in total. The van der Waals surface area contributed by atoms with E-state index in [9.17, 15) is 0 Å². The number of nitrogens with zero attached hydrogens (tertiary/aromatic N) is 2. The third-order valence-electron chi connectivity index (χ3n) is 2.79. The highest BCUT2D eigenvalue weighted by atomic mass is 35.5.